The number of rotatable bonds is 5. The van der Waals surface area contributed by atoms with Gasteiger partial charge in [-0.05, 0) is 26.1 Å². The Balaban J connectivity index is 1.69. The van der Waals surface area contributed by atoms with Crippen molar-refractivity contribution in [2.45, 2.75) is 13.0 Å². The van der Waals surface area contributed by atoms with Gasteiger partial charge in [-0.1, -0.05) is 17.7 Å². The summed E-state index contributed by atoms with van der Waals surface area (Å²) < 4.78 is 5.60. The van der Waals surface area contributed by atoms with Crippen molar-refractivity contribution in [2.75, 3.05) is 46.4 Å². The summed E-state index contributed by atoms with van der Waals surface area (Å²) in [5.41, 5.74) is 1.21. The second-order valence-corrected chi connectivity index (χ2v) is 5.38. The Morgan fingerprint density at radius 1 is 1.16 bits per heavy atom. The molecule has 0 spiro atoms. The van der Waals surface area contributed by atoms with E-state index >= 15 is 0 Å². The van der Waals surface area contributed by atoms with Gasteiger partial charge in [0.2, 0.25) is 0 Å². The van der Waals surface area contributed by atoms with Crippen molar-refractivity contribution in [3.63, 3.8) is 0 Å². The summed E-state index contributed by atoms with van der Waals surface area (Å²) in [6.07, 6.45) is -0.426. The van der Waals surface area contributed by atoms with E-state index in [0.29, 0.717) is 13.2 Å². The van der Waals surface area contributed by atoms with E-state index < -0.39 is 6.10 Å². The first-order chi connectivity index (χ1) is 9.13. The van der Waals surface area contributed by atoms with Crippen LogP contribution in [0.25, 0.3) is 0 Å². The number of β-amino-alcohol motifs (C(OH)–C–C–N with tert-alkyl or cyclic N) is 1. The van der Waals surface area contributed by atoms with Crippen molar-refractivity contribution in [3.05, 3.63) is 29.8 Å². The van der Waals surface area contributed by atoms with Gasteiger partial charge in [0.15, 0.2) is 0 Å². The maximum absolute atomic E-state index is 10.0. The SMILES string of the molecule is Cc1ccc(OCC(O)CN2CCN(C)CC2)cc1. The van der Waals surface area contributed by atoms with Crippen molar-refractivity contribution in [1.29, 1.82) is 0 Å². The van der Waals surface area contributed by atoms with E-state index in [9.17, 15) is 5.11 Å². The lowest BCUT2D eigenvalue weighted by Gasteiger charge is -2.33. The lowest BCUT2D eigenvalue weighted by Crippen LogP contribution is -2.47. The fourth-order valence-corrected chi connectivity index (χ4v) is 2.21. The van der Waals surface area contributed by atoms with Crippen LogP contribution < -0.4 is 4.74 Å². The highest BCUT2D eigenvalue weighted by atomic mass is 16.5. The van der Waals surface area contributed by atoms with Crippen LogP contribution in [0.15, 0.2) is 24.3 Å². The number of aliphatic hydroxyl groups is 1. The third kappa shape index (κ3) is 4.82. The number of piperazine rings is 1. The van der Waals surface area contributed by atoms with Crippen LogP contribution in [0, 0.1) is 6.92 Å². The van der Waals surface area contributed by atoms with Crippen LogP contribution in [0.2, 0.25) is 0 Å². The number of hydrogen-bond donors (Lipinski definition) is 1. The third-order valence-electron chi connectivity index (χ3n) is 3.53. The predicted octanol–water partition coefficient (Wildman–Crippen LogP) is 0.982. The summed E-state index contributed by atoms with van der Waals surface area (Å²) in [5.74, 6) is 0.822. The molecule has 4 nitrogen and oxygen atoms in total. The Morgan fingerprint density at radius 2 is 1.79 bits per heavy atom. The maximum Gasteiger partial charge on any atom is 0.119 e. The molecule has 0 bridgehead atoms. The van der Waals surface area contributed by atoms with Gasteiger partial charge >= 0.3 is 0 Å². The number of benzene rings is 1. The van der Waals surface area contributed by atoms with Crippen molar-refractivity contribution in [2.24, 2.45) is 0 Å². The molecule has 1 atom stereocenters. The van der Waals surface area contributed by atoms with E-state index in [1.54, 1.807) is 0 Å². The third-order valence-corrected chi connectivity index (χ3v) is 3.53. The van der Waals surface area contributed by atoms with Gasteiger partial charge in [-0.25, -0.2) is 0 Å². The monoisotopic (exact) mass is 264 g/mol. The first-order valence-corrected chi connectivity index (χ1v) is 6.92. The summed E-state index contributed by atoms with van der Waals surface area (Å²) in [6, 6.07) is 7.92. The molecular weight excluding hydrogens is 240 g/mol. The lowest BCUT2D eigenvalue weighted by atomic mass is 10.2. The second kappa shape index (κ2) is 6.89. The van der Waals surface area contributed by atoms with Gasteiger partial charge < -0.3 is 14.7 Å². The zero-order valence-electron chi connectivity index (χ0n) is 11.9. The normalized spacial score (nSPS) is 19.3. The van der Waals surface area contributed by atoms with Gasteiger partial charge in [0, 0.05) is 32.7 Å². The van der Waals surface area contributed by atoms with E-state index in [1.165, 1.54) is 5.56 Å². The second-order valence-electron chi connectivity index (χ2n) is 5.38. The molecule has 0 radical (unpaired) electrons. The molecule has 1 aromatic carbocycles. The van der Waals surface area contributed by atoms with E-state index in [0.717, 1.165) is 31.9 Å². The molecule has 1 N–H and O–H groups in total. The van der Waals surface area contributed by atoms with Gasteiger partial charge in [0.25, 0.3) is 0 Å². The summed E-state index contributed by atoms with van der Waals surface area (Å²) in [4.78, 5) is 4.61. The number of ether oxygens (including phenoxy) is 1. The molecule has 0 amide bonds. The standard InChI is InChI=1S/C15H24N2O2/c1-13-3-5-15(6-4-13)19-12-14(18)11-17-9-7-16(2)8-10-17/h3-6,14,18H,7-12H2,1-2H3. The molecule has 0 saturated carbocycles. The molecule has 2 rings (SSSR count). The number of likely N-dealkylation sites (N-methyl/N-ethyl adjacent to an activating group) is 1. The minimum Gasteiger partial charge on any atom is -0.491 e. The Hall–Kier alpha value is -1.10. The van der Waals surface area contributed by atoms with Gasteiger partial charge in [-0.2, -0.15) is 0 Å². The van der Waals surface area contributed by atoms with Crippen LogP contribution in [0.1, 0.15) is 5.56 Å². The Kier molecular flexibility index (Phi) is 5.19. The van der Waals surface area contributed by atoms with Crippen LogP contribution in [0.4, 0.5) is 0 Å². The topological polar surface area (TPSA) is 35.9 Å². The van der Waals surface area contributed by atoms with Gasteiger partial charge in [0.05, 0.1) is 0 Å². The summed E-state index contributed by atoms with van der Waals surface area (Å²) >= 11 is 0. The minimum atomic E-state index is -0.426. The van der Waals surface area contributed by atoms with Crippen LogP contribution in [-0.2, 0) is 0 Å². The Labute approximate surface area is 115 Å². The van der Waals surface area contributed by atoms with Crippen LogP contribution in [0.3, 0.4) is 0 Å². The molecule has 1 aliphatic heterocycles. The first kappa shape index (κ1) is 14.3. The molecule has 19 heavy (non-hydrogen) atoms. The van der Waals surface area contributed by atoms with E-state index in [2.05, 4.69) is 16.8 Å². The van der Waals surface area contributed by atoms with Crippen molar-refractivity contribution in [3.8, 4) is 5.75 Å². The summed E-state index contributed by atoms with van der Waals surface area (Å²) in [6.45, 7) is 7.30. The number of nitrogens with zero attached hydrogens (tertiary/aromatic N) is 2. The fraction of sp³-hybridized carbons (Fsp3) is 0.600. The molecule has 1 unspecified atom stereocenters. The summed E-state index contributed by atoms with van der Waals surface area (Å²) in [7, 11) is 2.13. The van der Waals surface area contributed by atoms with Crippen LogP contribution >= 0.6 is 0 Å². The van der Waals surface area contributed by atoms with Gasteiger partial charge in [0.1, 0.15) is 18.5 Å². The number of hydrogen-bond acceptors (Lipinski definition) is 4. The minimum absolute atomic E-state index is 0.357. The fourth-order valence-electron chi connectivity index (χ4n) is 2.21. The molecule has 4 heteroatoms. The quantitative estimate of drug-likeness (QED) is 0.860. The predicted molar refractivity (Wildman–Crippen MR) is 76.6 cm³/mol. The highest BCUT2D eigenvalue weighted by Crippen LogP contribution is 2.11. The molecular formula is C15H24N2O2. The molecule has 106 valence electrons. The van der Waals surface area contributed by atoms with E-state index in [4.69, 9.17) is 4.74 Å². The van der Waals surface area contributed by atoms with Crippen molar-refractivity contribution in [1.82, 2.24) is 9.80 Å². The zero-order chi connectivity index (χ0) is 13.7. The highest BCUT2D eigenvalue weighted by Gasteiger charge is 2.17. The lowest BCUT2D eigenvalue weighted by molar-refractivity contribution is 0.0505. The molecule has 0 aliphatic carbocycles. The number of aryl methyl sites for hydroxylation is 1. The maximum atomic E-state index is 10.0. The van der Waals surface area contributed by atoms with E-state index in [1.807, 2.05) is 31.2 Å². The zero-order valence-corrected chi connectivity index (χ0v) is 11.9. The average molecular weight is 264 g/mol. The molecule has 1 fully saturated rings. The average Bonchev–Trinajstić information content (AvgIpc) is 2.41. The summed E-state index contributed by atoms with van der Waals surface area (Å²) in [5, 5.41) is 10.0. The van der Waals surface area contributed by atoms with Gasteiger partial charge in [-0.3, -0.25) is 4.90 Å². The van der Waals surface area contributed by atoms with Gasteiger partial charge in [-0.15, -0.1) is 0 Å². The molecule has 1 heterocycles. The largest absolute Gasteiger partial charge is 0.491 e. The van der Waals surface area contributed by atoms with Crippen molar-refractivity contribution < 1.29 is 9.84 Å². The van der Waals surface area contributed by atoms with E-state index in [-0.39, 0.29) is 0 Å². The smallest absolute Gasteiger partial charge is 0.119 e. The molecule has 1 aliphatic rings. The van der Waals surface area contributed by atoms with Crippen LogP contribution in [-0.4, -0.2) is 67.4 Å². The Bertz CT molecular complexity index is 372. The highest BCUT2D eigenvalue weighted by molar-refractivity contribution is 5.26. The number of aliphatic hydroxyl groups excluding tert-OH is 1. The molecule has 0 aromatic heterocycles. The van der Waals surface area contributed by atoms with Crippen LogP contribution in [0.5, 0.6) is 5.75 Å². The molecule has 1 saturated heterocycles. The Morgan fingerprint density at radius 3 is 2.42 bits per heavy atom. The molecule has 1 aromatic rings. The van der Waals surface area contributed by atoms with Crippen molar-refractivity contribution >= 4 is 0 Å². The first-order valence-electron chi connectivity index (χ1n) is 6.92.